The van der Waals surface area contributed by atoms with Crippen LogP contribution in [0, 0.1) is 6.92 Å². The molecule has 0 unspecified atom stereocenters. The minimum atomic E-state index is -0.965. The molecule has 1 atom stereocenters. The van der Waals surface area contributed by atoms with E-state index in [1.807, 2.05) is 6.92 Å². The molecular weight excluding hydrogens is 350 g/mol. The average molecular weight is 371 g/mol. The van der Waals surface area contributed by atoms with Crippen LogP contribution >= 0.6 is 0 Å². The Morgan fingerprint density at radius 2 is 2.11 bits per heavy atom. The molecule has 1 aliphatic heterocycles. The van der Waals surface area contributed by atoms with Gasteiger partial charge in [-0.15, -0.1) is 0 Å². The molecule has 2 heterocycles. The number of amides is 3. The normalized spacial score (nSPS) is 14.9. The van der Waals surface area contributed by atoms with E-state index < -0.39 is 17.9 Å². The molecule has 3 rings (SSSR count). The standard InChI is InChI=1S/C19H21N3O5/c1-12-4-5-14(9-15(12)22-7-2-3-17(22)24)21-19(26)18(25)20-10-16(23)13-6-8-27-11-13/h4-6,8-9,11,16,23H,2-3,7,10H2,1H3,(H,20,25)(H,21,26)/t16-/m0/s1. The summed E-state index contributed by atoms with van der Waals surface area (Å²) >= 11 is 0. The molecule has 1 aromatic carbocycles. The van der Waals surface area contributed by atoms with Gasteiger partial charge in [0.25, 0.3) is 0 Å². The molecular formula is C19H21N3O5. The SMILES string of the molecule is Cc1ccc(NC(=O)C(=O)NC[C@H](O)c2ccoc2)cc1N1CCCC1=O. The lowest BCUT2D eigenvalue weighted by atomic mass is 10.1. The lowest BCUT2D eigenvalue weighted by molar-refractivity contribution is -0.136. The number of aliphatic hydroxyl groups is 1. The van der Waals surface area contributed by atoms with Crippen LogP contribution in [-0.4, -0.2) is 35.9 Å². The highest BCUT2D eigenvalue weighted by Crippen LogP contribution is 2.28. The number of furan rings is 1. The predicted octanol–water partition coefficient (Wildman–Crippen LogP) is 1.50. The quantitative estimate of drug-likeness (QED) is 0.690. The maximum absolute atomic E-state index is 12.1. The molecule has 8 nitrogen and oxygen atoms in total. The third-order valence-corrected chi connectivity index (χ3v) is 4.42. The molecule has 1 fully saturated rings. The van der Waals surface area contributed by atoms with Crippen LogP contribution in [0.25, 0.3) is 0 Å². The van der Waals surface area contributed by atoms with Crippen molar-refractivity contribution in [3.8, 4) is 0 Å². The second-order valence-electron chi connectivity index (χ2n) is 6.39. The van der Waals surface area contributed by atoms with E-state index in [-0.39, 0.29) is 12.5 Å². The predicted molar refractivity (Wildman–Crippen MR) is 98.1 cm³/mol. The molecule has 1 saturated heterocycles. The van der Waals surface area contributed by atoms with Gasteiger partial charge in [0.1, 0.15) is 0 Å². The molecule has 3 N–H and O–H groups in total. The summed E-state index contributed by atoms with van der Waals surface area (Å²) in [6.07, 6.45) is 3.12. The van der Waals surface area contributed by atoms with E-state index in [1.54, 1.807) is 29.2 Å². The fraction of sp³-hybridized carbons (Fsp3) is 0.316. The summed E-state index contributed by atoms with van der Waals surface area (Å²) < 4.78 is 4.86. The molecule has 0 bridgehead atoms. The smallest absolute Gasteiger partial charge is 0.313 e. The molecule has 0 saturated carbocycles. The van der Waals surface area contributed by atoms with E-state index in [9.17, 15) is 19.5 Å². The number of carbonyl (C=O) groups excluding carboxylic acids is 3. The van der Waals surface area contributed by atoms with Gasteiger partial charge in [-0.2, -0.15) is 0 Å². The first-order valence-electron chi connectivity index (χ1n) is 8.66. The van der Waals surface area contributed by atoms with Crippen molar-refractivity contribution in [2.75, 3.05) is 23.3 Å². The van der Waals surface area contributed by atoms with Crippen molar-refractivity contribution in [3.63, 3.8) is 0 Å². The lowest BCUT2D eigenvalue weighted by Crippen LogP contribution is -2.37. The van der Waals surface area contributed by atoms with E-state index in [2.05, 4.69) is 10.6 Å². The maximum Gasteiger partial charge on any atom is 0.313 e. The molecule has 0 aliphatic carbocycles. The van der Waals surface area contributed by atoms with E-state index in [0.29, 0.717) is 24.2 Å². The Morgan fingerprint density at radius 1 is 1.30 bits per heavy atom. The van der Waals surface area contributed by atoms with Crippen LogP contribution in [0.5, 0.6) is 0 Å². The summed E-state index contributed by atoms with van der Waals surface area (Å²) in [6.45, 7) is 2.41. The number of aliphatic hydroxyl groups excluding tert-OH is 1. The van der Waals surface area contributed by atoms with Crippen molar-refractivity contribution in [1.29, 1.82) is 0 Å². The number of anilines is 2. The fourth-order valence-corrected chi connectivity index (χ4v) is 2.92. The zero-order valence-electron chi connectivity index (χ0n) is 14.9. The van der Waals surface area contributed by atoms with Gasteiger partial charge in [-0.3, -0.25) is 14.4 Å². The summed E-state index contributed by atoms with van der Waals surface area (Å²) in [4.78, 5) is 37.7. The van der Waals surface area contributed by atoms with Crippen LogP contribution in [0.4, 0.5) is 11.4 Å². The molecule has 2 aromatic rings. The molecule has 1 aromatic heterocycles. The van der Waals surface area contributed by atoms with Crippen molar-refractivity contribution in [2.45, 2.75) is 25.9 Å². The molecule has 8 heteroatoms. The molecule has 27 heavy (non-hydrogen) atoms. The minimum absolute atomic E-state index is 0.0487. The number of rotatable bonds is 5. The largest absolute Gasteiger partial charge is 0.472 e. The first-order chi connectivity index (χ1) is 13.0. The highest BCUT2D eigenvalue weighted by Gasteiger charge is 2.24. The number of hydrogen-bond donors (Lipinski definition) is 3. The summed E-state index contributed by atoms with van der Waals surface area (Å²) in [5.41, 5.74) is 2.57. The number of carbonyl (C=O) groups is 3. The zero-order chi connectivity index (χ0) is 19.4. The van der Waals surface area contributed by atoms with Crippen LogP contribution < -0.4 is 15.5 Å². The molecule has 142 valence electrons. The Balaban J connectivity index is 1.60. The van der Waals surface area contributed by atoms with Crippen LogP contribution in [0.2, 0.25) is 0 Å². The van der Waals surface area contributed by atoms with Gasteiger partial charge in [0, 0.05) is 36.4 Å². The van der Waals surface area contributed by atoms with Crippen molar-refractivity contribution >= 4 is 29.1 Å². The van der Waals surface area contributed by atoms with Gasteiger partial charge in [-0.1, -0.05) is 6.07 Å². The minimum Gasteiger partial charge on any atom is -0.472 e. The van der Waals surface area contributed by atoms with Crippen molar-refractivity contribution < 1.29 is 23.9 Å². The average Bonchev–Trinajstić information content (AvgIpc) is 3.32. The van der Waals surface area contributed by atoms with Crippen LogP contribution in [-0.2, 0) is 14.4 Å². The highest BCUT2D eigenvalue weighted by atomic mass is 16.3. The van der Waals surface area contributed by atoms with Crippen LogP contribution in [0.15, 0.2) is 41.2 Å². The van der Waals surface area contributed by atoms with Crippen LogP contribution in [0.3, 0.4) is 0 Å². The Kier molecular flexibility index (Phi) is 5.56. The van der Waals surface area contributed by atoms with E-state index in [4.69, 9.17) is 4.42 Å². The second kappa shape index (κ2) is 8.05. The number of hydrogen-bond acceptors (Lipinski definition) is 5. The number of nitrogens with one attached hydrogen (secondary N) is 2. The summed E-state index contributed by atoms with van der Waals surface area (Å²) in [5, 5.41) is 14.8. The van der Waals surface area contributed by atoms with Gasteiger partial charge in [0.05, 0.1) is 18.6 Å². The monoisotopic (exact) mass is 371 g/mol. The number of benzene rings is 1. The van der Waals surface area contributed by atoms with Gasteiger partial charge in [-0.25, -0.2) is 0 Å². The van der Waals surface area contributed by atoms with Crippen molar-refractivity contribution in [3.05, 3.63) is 47.9 Å². The lowest BCUT2D eigenvalue weighted by Gasteiger charge is -2.19. The number of aryl methyl sites for hydroxylation is 1. The highest BCUT2D eigenvalue weighted by molar-refractivity contribution is 6.39. The summed E-state index contributed by atoms with van der Waals surface area (Å²) in [5.74, 6) is -1.67. The maximum atomic E-state index is 12.1. The summed E-state index contributed by atoms with van der Waals surface area (Å²) in [7, 11) is 0. The van der Waals surface area contributed by atoms with E-state index in [0.717, 1.165) is 17.7 Å². The third-order valence-electron chi connectivity index (χ3n) is 4.42. The summed E-state index contributed by atoms with van der Waals surface area (Å²) in [6, 6.07) is 6.72. The molecule has 0 radical (unpaired) electrons. The Morgan fingerprint density at radius 3 is 2.78 bits per heavy atom. The topological polar surface area (TPSA) is 112 Å². The van der Waals surface area contributed by atoms with E-state index in [1.165, 1.54) is 12.5 Å². The Hall–Kier alpha value is -3.13. The van der Waals surface area contributed by atoms with E-state index >= 15 is 0 Å². The van der Waals surface area contributed by atoms with Gasteiger partial charge < -0.3 is 25.1 Å². The first kappa shape index (κ1) is 18.7. The third kappa shape index (κ3) is 4.35. The first-order valence-corrected chi connectivity index (χ1v) is 8.66. The van der Waals surface area contributed by atoms with Crippen molar-refractivity contribution in [1.82, 2.24) is 5.32 Å². The number of nitrogens with zero attached hydrogens (tertiary/aromatic N) is 1. The van der Waals surface area contributed by atoms with Crippen molar-refractivity contribution in [2.24, 2.45) is 0 Å². The van der Waals surface area contributed by atoms with Gasteiger partial charge in [0.15, 0.2) is 0 Å². The fourth-order valence-electron chi connectivity index (χ4n) is 2.92. The Bertz CT molecular complexity index is 847. The van der Waals surface area contributed by atoms with Gasteiger partial charge in [-0.05, 0) is 37.1 Å². The van der Waals surface area contributed by atoms with Crippen LogP contribution in [0.1, 0.15) is 30.1 Å². The molecule has 3 amide bonds. The molecule has 1 aliphatic rings. The Labute approximate surface area is 156 Å². The second-order valence-corrected chi connectivity index (χ2v) is 6.39. The van der Waals surface area contributed by atoms with Gasteiger partial charge in [0.2, 0.25) is 5.91 Å². The molecule has 0 spiro atoms. The van der Waals surface area contributed by atoms with Gasteiger partial charge >= 0.3 is 11.8 Å². The zero-order valence-corrected chi connectivity index (χ0v) is 14.9.